The molecule has 0 fully saturated rings. The molecule has 5 heteroatoms. The van der Waals surface area contributed by atoms with Gasteiger partial charge in [-0.05, 0) is 24.5 Å². The molecule has 0 saturated heterocycles. The molecule has 4 nitrogen and oxygen atoms in total. The SMILES string of the molecule is COC(=O)c1ccc(SC)c(NN)c1. The second kappa shape index (κ2) is 4.88. The summed E-state index contributed by atoms with van der Waals surface area (Å²) in [5.74, 6) is 4.95. The Balaban J connectivity index is 3.07. The van der Waals surface area contributed by atoms with Crippen molar-refractivity contribution in [1.82, 2.24) is 0 Å². The topological polar surface area (TPSA) is 64.3 Å². The van der Waals surface area contributed by atoms with E-state index in [9.17, 15) is 4.79 Å². The van der Waals surface area contributed by atoms with Gasteiger partial charge in [0.1, 0.15) is 0 Å². The number of thioether (sulfide) groups is 1. The van der Waals surface area contributed by atoms with Gasteiger partial charge in [-0.3, -0.25) is 5.84 Å². The summed E-state index contributed by atoms with van der Waals surface area (Å²) in [6.07, 6.45) is 1.94. The number of esters is 1. The lowest BCUT2D eigenvalue weighted by Crippen LogP contribution is -2.09. The molecule has 14 heavy (non-hydrogen) atoms. The van der Waals surface area contributed by atoms with E-state index in [2.05, 4.69) is 10.2 Å². The van der Waals surface area contributed by atoms with Gasteiger partial charge < -0.3 is 10.2 Å². The zero-order valence-corrected chi connectivity index (χ0v) is 8.85. The number of anilines is 1. The normalized spacial score (nSPS) is 9.64. The van der Waals surface area contributed by atoms with Gasteiger partial charge in [0.25, 0.3) is 0 Å². The molecule has 0 heterocycles. The van der Waals surface area contributed by atoms with Crippen molar-refractivity contribution in [3.05, 3.63) is 23.8 Å². The van der Waals surface area contributed by atoms with Gasteiger partial charge in [0, 0.05) is 4.90 Å². The van der Waals surface area contributed by atoms with Crippen LogP contribution >= 0.6 is 11.8 Å². The molecule has 3 N–H and O–H groups in total. The van der Waals surface area contributed by atoms with Gasteiger partial charge in [-0.15, -0.1) is 11.8 Å². The minimum atomic E-state index is -0.367. The molecule has 0 aliphatic heterocycles. The Morgan fingerprint density at radius 1 is 1.57 bits per heavy atom. The van der Waals surface area contributed by atoms with E-state index >= 15 is 0 Å². The number of rotatable bonds is 3. The van der Waals surface area contributed by atoms with Crippen LogP contribution in [-0.4, -0.2) is 19.3 Å². The number of nitrogens with two attached hydrogens (primary N) is 1. The number of carbonyl (C=O) groups is 1. The Labute approximate surface area is 86.8 Å². The van der Waals surface area contributed by atoms with Crippen molar-refractivity contribution in [2.24, 2.45) is 5.84 Å². The predicted octanol–water partition coefficient (Wildman–Crippen LogP) is 1.48. The first-order valence-corrected chi connectivity index (χ1v) is 5.18. The Morgan fingerprint density at radius 2 is 2.29 bits per heavy atom. The van der Waals surface area contributed by atoms with Crippen LogP contribution in [0.4, 0.5) is 5.69 Å². The average Bonchev–Trinajstić information content (AvgIpc) is 2.26. The Hall–Kier alpha value is -1.20. The van der Waals surface area contributed by atoms with Crippen LogP contribution in [0.3, 0.4) is 0 Å². The highest BCUT2D eigenvalue weighted by atomic mass is 32.2. The Morgan fingerprint density at radius 3 is 2.79 bits per heavy atom. The minimum Gasteiger partial charge on any atom is -0.465 e. The fourth-order valence-corrected chi connectivity index (χ4v) is 1.61. The van der Waals surface area contributed by atoms with E-state index in [0.717, 1.165) is 10.6 Å². The van der Waals surface area contributed by atoms with Gasteiger partial charge in [-0.25, -0.2) is 4.79 Å². The first kappa shape index (κ1) is 10.9. The fraction of sp³-hybridized carbons (Fsp3) is 0.222. The van der Waals surface area contributed by atoms with Crippen molar-refractivity contribution in [2.45, 2.75) is 4.90 Å². The summed E-state index contributed by atoms with van der Waals surface area (Å²) in [5, 5.41) is 0. The molecule has 0 bridgehead atoms. The summed E-state index contributed by atoms with van der Waals surface area (Å²) in [7, 11) is 1.35. The number of nitrogen functional groups attached to an aromatic ring is 1. The lowest BCUT2D eigenvalue weighted by atomic mass is 10.2. The number of benzene rings is 1. The minimum absolute atomic E-state index is 0.367. The lowest BCUT2D eigenvalue weighted by Gasteiger charge is -2.07. The van der Waals surface area contributed by atoms with E-state index in [1.807, 2.05) is 12.3 Å². The van der Waals surface area contributed by atoms with E-state index in [1.54, 1.807) is 23.9 Å². The number of methoxy groups -OCH3 is 1. The third-order valence-corrected chi connectivity index (χ3v) is 2.57. The number of nitrogens with one attached hydrogen (secondary N) is 1. The van der Waals surface area contributed by atoms with Gasteiger partial charge in [-0.2, -0.15) is 0 Å². The summed E-state index contributed by atoms with van der Waals surface area (Å²) >= 11 is 1.55. The molecule has 0 spiro atoms. The van der Waals surface area contributed by atoms with Gasteiger partial charge in [-0.1, -0.05) is 0 Å². The maximum absolute atomic E-state index is 11.2. The van der Waals surface area contributed by atoms with Gasteiger partial charge >= 0.3 is 5.97 Å². The molecule has 1 aromatic carbocycles. The van der Waals surface area contributed by atoms with Crippen molar-refractivity contribution < 1.29 is 9.53 Å². The lowest BCUT2D eigenvalue weighted by molar-refractivity contribution is 0.0600. The second-order valence-corrected chi connectivity index (χ2v) is 3.40. The molecular weight excluding hydrogens is 200 g/mol. The van der Waals surface area contributed by atoms with Crippen molar-refractivity contribution in [3.63, 3.8) is 0 Å². The number of hydrogen-bond acceptors (Lipinski definition) is 5. The summed E-state index contributed by atoms with van der Waals surface area (Å²) in [5.41, 5.74) is 3.74. The van der Waals surface area contributed by atoms with Crippen LogP contribution in [0.1, 0.15) is 10.4 Å². The smallest absolute Gasteiger partial charge is 0.337 e. The van der Waals surface area contributed by atoms with Gasteiger partial charge in [0.2, 0.25) is 0 Å². The third-order valence-electron chi connectivity index (χ3n) is 1.78. The Kier molecular flexibility index (Phi) is 3.79. The maximum atomic E-state index is 11.2. The molecule has 0 aliphatic rings. The third kappa shape index (κ3) is 2.18. The van der Waals surface area contributed by atoms with E-state index in [-0.39, 0.29) is 5.97 Å². The number of ether oxygens (including phenoxy) is 1. The van der Waals surface area contributed by atoms with Crippen LogP contribution in [0.2, 0.25) is 0 Å². The van der Waals surface area contributed by atoms with Crippen LogP contribution in [0, 0.1) is 0 Å². The molecule has 0 unspecified atom stereocenters. The summed E-state index contributed by atoms with van der Waals surface area (Å²) in [4.78, 5) is 12.2. The molecule has 76 valence electrons. The second-order valence-electron chi connectivity index (χ2n) is 2.55. The van der Waals surface area contributed by atoms with Crippen molar-refractivity contribution >= 4 is 23.4 Å². The van der Waals surface area contributed by atoms with E-state index in [0.29, 0.717) is 5.56 Å². The molecular formula is C9H12N2O2S. The molecule has 0 aromatic heterocycles. The van der Waals surface area contributed by atoms with Crippen molar-refractivity contribution in [3.8, 4) is 0 Å². The molecule has 0 atom stereocenters. The molecule has 0 saturated carbocycles. The quantitative estimate of drug-likeness (QED) is 0.344. The molecule has 0 aliphatic carbocycles. The fourth-order valence-electron chi connectivity index (χ4n) is 1.07. The zero-order chi connectivity index (χ0) is 10.6. The standard InChI is InChI=1S/C9H12N2O2S/c1-13-9(12)6-3-4-8(14-2)7(5-6)11-10/h3-5,11H,10H2,1-2H3. The number of hydrazine groups is 1. The van der Waals surface area contributed by atoms with E-state index in [1.165, 1.54) is 7.11 Å². The highest BCUT2D eigenvalue weighted by molar-refractivity contribution is 7.98. The molecule has 1 aromatic rings. The van der Waals surface area contributed by atoms with Crippen LogP contribution in [-0.2, 0) is 4.74 Å². The van der Waals surface area contributed by atoms with Crippen LogP contribution in [0.5, 0.6) is 0 Å². The number of carbonyl (C=O) groups excluding carboxylic acids is 1. The van der Waals surface area contributed by atoms with Gasteiger partial charge in [0.05, 0.1) is 18.4 Å². The zero-order valence-electron chi connectivity index (χ0n) is 8.03. The summed E-state index contributed by atoms with van der Waals surface area (Å²) < 4.78 is 4.59. The monoisotopic (exact) mass is 212 g/mol. The van der Waals surface area contributed by atoms with E-state index in [4.69, 9.17) is 5.84 Å². The molecule has 0 radical (unpaired) electrons. The molecule has 1 rings (SSSR count). The average molecular weight is 212 g/mol. The molecule has 0 amide bonds. The van der Waals surface area contributed by atoms with Crippen molar-refractivity contribution in [2.75, 3.05) is 18.8 Å². The first-order chi connectivity index (χ1) is 6.72. The van der Waals surface area contributed by atoms with Gasteiger partial charge in [0.15, 0.2) is 0 Å². The highest BCUT2D eigenvalue weighted by Crippen LogP contribution is 2.25. The highest BCUT2D eigenvalue weighted by Gasteiger charge is 2.08. The Bertz CT molecular complexity index is 342. The van der Waals surface area contributed by atoms with Crippen LogP contribution in [0.25, 0.3) is 0 Å². The predicted molar refractivity (Wildman–Crippen MR) is 57.4 cm³/mol. The first-order valence-electron chi connectivity index (χ1n) is 3.96. The van der Waals surface area contributed by atoms with Crippen LogP contribution < -0.4 is 11.3 Å². The summed E-state index contributed by atoms with van der Waals surface area (Å²) in [6, 6.07) is 5.20. The van der Waals surface area contributed by atoms with Crippen LogP contribution in [0.15, 0.2) is 23.1 Å². The summed E-state index contributed by atoms with van der Waals surface area (Å²) in [6.45, 7) is 0. The maximum Gasteiger partial charge on any atom is 0.337 e. The number of hydrogen-bond donors (Lipinski definition) is 2. The van der Waals surface area contributed by atoms with Crippen molar-refractivity contribution in [1.29, 1.82) is 0 Å². The van der Waals surface area contributed by atoms with E-state index < -0.39 is 0 Å². The largest absolute Gasteiger partial charge is 0.465 e.